The maximum absolute atomic E-state index is 5.12. The summed E-state index contributed by atoms with van der Waals surface area (Å²) in [4.78, 5) is 9.66. The molecular formula is C16H15N3OS. The highest BCUT2D eigenvalue weighted by atomic mass is 32.1. The summed E-state index contributed by atoms with van der Waals surface area (Å²) >= 11 is 1.65. The first kappa shape index (κ1) is 13.6. The topological polar surface area (TPSA) is 47.0 Å². The molecule has 1 aromatic carbocycles. The van der Waals surface area contributed by atoms with Gasteiger partial charge in [-0.05, 0) is 17.2 Å². The number of aromatic nitrogens is 2. The summed E-state index contributed by atoms with van der Waals surface area (Å²) in [5, 5.41) is 4.23. The molecule has 0 saturated heterocycles. The monoisotopic (exact) mass is 297 g/mol. The van der Waals surface area contributed by atoms with Crippen molar-refractivity contribution < 1.29 is 4.74 Å². The summed E-state index contributed by atoms with van der Waals surface area (Å²) in [5.41, 5.74) is 2.30. The highest BCUT2D eigenvalue weighted by Crippen LogP contribution is 2.28. The zero-order valence-corrected chi connectivity index (χ0v) is 12.4. The molecule has 0 aliphatic rings. The molecule has 0 atom stereocenters. The molecule has 1 N–H and O–H groups in total. The van der Waals surface area contributed by atoms with Gasteiger partial charge in [0.2, 0.25) is 5.88 Å². The van der Waals surface area contributed by atoms with Crippen LogP contribution in [-0.2, 0) is 6.54 Å². The average Bonchev–Trinajstić information content (AvgIpc) is 3.03. The first-order valence-corrected chi connectivity index (χ1v) is 7.41. The Kier molecular flexibility index (Phi) is 4.12. The van der Waals surface area contributed by atoms with Gasteiger partial charge in [0.15, 0.2) is 5.13 Å². The number of hydrogen-bond donors (Lipinski definition) is 1. The largest absolute Gasteiger partial charge is 0.481 e. The number of hydrogen-bond acceptors (Lipinski definition) is 5. The van der Waals surface area contributed by atoms with Gasteiger partial charge in [-0.2, -0.15) is 0 Å². The predicted molar refractivity (Wildman–Crippen MR) is 85.7 cm³/mol. The summed E-state index contributed by atoms with van der Waals surface area (Å²) in [5.74, 6) is 0.624. The molecule has 106 valence electrons. The molecule has 2 aromatic heterocycles. The minimum Gasteiger partial charge on any atom is -0.481 e. The van der Waals surface area contributed by atoms with Crippen molar-refractivity contribution in [3.05, 3.63) is 60.4 Å². The van der Waals surface area contributed by atoms with E-state index in [0.717, 1.165) is 15.6 Å². The molecule has 3 rings (SSSR count). The van der Waals surface area contributed by atoms with E-state index in [0.29, 0.717) is 12.4 Å². The molecule has 21 heavy (non-hydrogen) atoms. The summed E-state index contributed by atoms with van der Waals surface area (Å²) in [6.07, 6.45) is 3.64. The fourth-order valence-electron chi connectivity index (χ4n) is 1.94. The molecule has 0 bridgehead atoms. The van der Waals surface area contributed by atoms with Crippen LogP contribution in [0.3, 0.4) is 0 Å². The Morgan fingerprint density at radius 2 is 2.00 bits per heavy atom. The van der Waals surface area contributed by atoms with Crippen molar-refractivity contribution >= 4 is 16.5 Å². The molecule has 0 aliphatic carbocycles. The Balaban J connectivity index is 1.67. The van der Waals surface area contributed by atoms with Crippen molar-refractivity contribution in [2.75, 3.05) is 12.4 Å². The van der Waals surface area contributed by atoms with Crippen LogP contribution in [0.15, 0.2) is 54.9 Å². The van der Waals surface area contributed by atoms with Crippen molar-refractivity contribution in [1.82, 2.24) is 9.97 Å². The van der Waals surface area contributed by atoms with Gasteiger partial charge in [-0.15, -0.1) is 0 Å². The number of methoxy groups -OCH3 is 1. The maximum Gasteiger partial charge on any atom is 0.213 e. The highest BCUT2D eigenvalue weighted by Gasteiger charge is 2.04. The van der Waals surface area contributed by atoms with Crippen molar-refractivity contribution in [2.24, 2.45) is 0 Å². The van der Waals surface area contributed by atoms with E-state index >= 15 is 0 Å². The quantitative estimate of drug-likeness (QED) is 0.777. The lowest BCUT2D eigenvalue weighted by atomic mass is 10.2. The van der Waals surface area contributed by atoms with E-state index < -0.39 is 0 Å². The molecule has 3 aromatic rings. The van der Waals surface area contributed by atoms with Crippen LogP contribution in [0.25, 0.3) is 10.4 Å². The number of thiazole rings is 1. The third-order valence-corrected chi connectivity index (χ3v) is 4.02. The standard InChI is InChI=1S/C16H15N3OS/c1-20-15-9-12(7-8-17-15)10-18-16-19-11-14(21-16)13-5-3-2-4-6-13/h2-9,11H,10H2,1H3,(H,18,19). The van der Waals surface area contributed by atoms with E-state index in [-0.39, 0.29) is 0 Å². The smallest absolute Gasteiger partial charge is 0.213 e. The van der Waals surface area contributed by atoms with Crippen LogP contribution >= 0.6 is 11.3 Å². The van der Waals surface area contributed by atoms with E-state index in [2.05, 4.69) is 27.4 Å². The molecule has 5 heteroatoms. The van der Waals surface area contributed by atoms with Gasteiger partial charge in [0.25, 0.3) is 0 Å². The van der Waals surface area contributed by atoms with Gasteiger partial charge in [0, 0.05) is 25.0 Å². The van der Waals surface area contributed by atoms with Crippen LogP contribution in [0.1, 0.15) is 5.56 Å². The predicted octanol–water partition coefficient (Wildman–Crippen LogP) is 3.83. The van der Waals surface area contributed by atoms with Gasteiger partial charge in [0.05, 0.1) is 12.0 Å². The number of anilines is 1. The molecule has 0 radical (unpaired) electrons. The van der Waals surface area contributed by atoms with Crippen LogP contribution in [0.4, 0.5) is 5.13 Å². The third kappa shape index (κ3) is 3.38. The van der Waals surface area contributed by atoms with E-state index in [1.807, 2.05) is 36.5 Å². The van der Waals surface area contributed by atoms with Crippen LogP contribution in [-0.4, -0.2) is 17.1 Å². The summed E-state index contributed by atoms with van der Waals surface area (Å²) < 4.78 is 5.12. The second-order valence-electron chi connectivity index (χ2n) is 4.46. The molecule has 0 amide bonds. The number of ether oxygens (including phenoxy) is 1. The van der Waals surface area contributed by atoms with Crippen LogP contribution in [0.2, 0.25) is 0 Å². The molecule has 0 fully saturated rings. The van der Waals surface area contributed by atoms with Crippen LogP contribution in [0, 0.1) is 0 Å². The maximum atomic E-state index is 5.12. The fourth-order valence-corrected chi connectivity index (χ4v) is 2.76. The Morgan fingerprint density at radius 1 is 1.14 bits per heavy atom. The van der Waals surface area contributed by atoms with Crippen molar-refractivity contribution in [3.63, 3.8) is 0 Å². The number of nitrogens with zero attached hydrogens (tertiary/aromatic N) is 2. The number of benzene rings is 1. The molecule has 0 saturated carbocycles. The lowest BCUT2D eigenvalue weighted by Crippen LogP contribution is -1.99. The van der Waals surface area contributed by atoms with Gasteiger partial charge in [-0.3, -0.25) is 0 Å². The minimum absolute atomic E-state index is 0.624. The van der Waals surface area contributed by atoms with E-state index in [1.165, 1.54) is 5.56 Å². The summed E-state index contributed by atoms with van der Waals surface area (Å²) in [6.45, 7) is 0.695. The number of rotatable bonds is 5. The van der Waals surface area contributed by atoms with E-state index in [4.69, 9.17) is 4.74 Å². The normalized spacial score (nSPS) is 10.3. The number of pyridine rings is 1. The lowest BCUT2D eigenvalue weighted by molar-refractivity contribution is 0.397. The highest BCUT2D eigenvalue weighted by molar-refractivity contribution is 7.18. The second-order valence-corrected chi connectivity index (χ2v) is 5.49. The summed E-state index contributed by atoms with van der Waals surface area (Å²) in [7, 11) is 1.62. The van der Waals surface area contributed by atoms with Gasteiger partial charge in [0.1, 0.15) is 0 Å². The molecule has 0 spiro atoms. The van der Waals surface area contributed by atoms with E-state index in [9.17, 15) is 0 Å². The van der Waals surface area contributed by atoms with Crippen molar-refractivity contribution in [1.29, 1.82) is 0 Å². The van der Waals surface area contributed by atoms with Crippen molar-refractivity contribution in [2.45, 2.75) is 6.54 Å². The average molecular weight is 297 g/mol. The molecular weight excluding hydrogens is 282 g/mol. The van der Waals surface area contributed by atoms with Gasteiger partial charge >= 0.3 is 0 Å². The molecule has 0 unspecified atom stereocenters. The zero-order valence-electron chi connectivity index (χ0n) is 11.6. The number of nitrogens with one attached hydrogen (secondary N) is 1. The minimum atomic E-state index is 0.624. The van der Waals surface area contributed by atoms with Crippen molar-refractivity contribution in [3.8, 4) is 16.3 Å². The Labute approximate surface area is 127 Å². The molecule has 4 nitrogen and oxygen atoms in total. The molecule has 2 heterocycles. The first-order chi connectivity index (χ1) is 10.3. The van der Waals surface area contributed by atoms with Gasteiger partial charge in [-0.1, -0.05) is 41.7 Å². The lowest BCUT2D eigenvalue weighted by Gasteiger charge is -2.04. The first-order valence-electron chi connectivity index (χ1n) is 6.59. The summed E-state index contributed by atoms with van der Waals surface area (Å²) in [6, 6.07) is 14.1. The zero-order chi connectivity index (χ0) is 14.5. The van der Waals surface area contributed by atoms with Crippen LogP contribution < -0.4 is 10.1 Å². The van der Waals surface area contributed by atoms with E-state index in [1.54, 1.807) is 24.6 Å². The van der Waals surface area contributed by atoms with Gasteiger partial charge < -0.3 is 10.1 Å². The Hall–Kier alpha value is -2.40. The molecule has 0 aliphatic heterocycles. The fraction of sp³-hybridized carbons (Fsp3) is 0.125. The van der Waals surface area contributed by atoms with Gasteiger partial charge in [-0.25, -0.2) is 9.97 Å². The Morgan fingerprint density at radius 3 is 2.81 bits per heavy atom. The third-order valence-electron chi connectivity index (χ3n) is 3.02. The Bertz CT molecular complexity index is 712. The SMILES string of the molecule is COc1cc(CNc2ncc(-c3ccccc3)s2)ccn1. The second kappa shape index (κ2) is 6.37. The van der Waals surface area contributed by atoms with Crippen LogP contribution in [0.5, 0.6) is 5.88 Å².